The number of allylic oxidation sites excluding steroid dienone is 10. The van der Waals surface area contributed by atoms with Crippen LogP contribution >= 0.6 is 7.82 Å². The minimum absolute atomic E-state index is 0.0306. The van der Waals surface area contributed by atoms with E-state index in [-0.39, 0.29) is 26.1 Å². The first kappa shape index (κ1) is 51.7. The van der Waals surface area contributed by atoms with Gasteiger partial charge in [0.2, 0.25) is 0 Å². The molecular weight excluding hydrogens is 701 g/mol. The lowest BCUT2D eigenvalue weighted by molar-refractivity contribution is -0.161. The van der Waals surface area contributed by atoms with Crippen LogP contribution in [0, 0.1) is 0 Å². The van der Waals surface area contributed by atoms with Gasteiger partial charge < -0.3 is 19.7 Å². The van der Waals surface area contributed by atoms with Crippen molar-refractivity contribution in [2.75, 3.05) is 33.4 Å². The summed E-state index contributed by atoms with van der Waals surface area (Å²) in [6.45, 7) is 4.10. The van der Waals surface area contributed by atoms with Crippen molar-refractivity contribution in [3.05, 3.63) is 60.8 Å². The molecule has 0 aromatic carbocycles. The van der Waals surface area contributed by atoms with Crippen LogP contribution in [0.3, 0.4) is 0 Å². The molecule has 0 aliphatic rings. The van der Waals surface area contributed by atoms with Gasteiger partial charge in [0.1, 0.15) is 6.61 Å². The van der Waals surface area contributed by atoms with Crippen LogP contribution in [-0.2, 0) is 32.7 Å². The number of carbonyl (C=O) groups excluding carboxylic acids is 2. The van der Waals surface area contributed by atoms with E-state index >= 15 is 0 Å². The Morgan fingerprint density at radius 3 is 1.59 bits per heavy atom. The zero-order chi connectivity index (χ0) is 39.6. The highest BCUT2D eigenvalue weighted by molar-refractivity contribution is 7.47. The van der Waals surface area contributed by atoms with E-state index in [1.807, 2.05) is 6.08 Å². The van der Waals surface area contributed by atoms with Crippen molar-refractivity contribution in [3.8, 4) is 0 Å². The molecule has 2 unspecified atom stereocenters. The Kier molecular flexibility index (Phi) is 38.7. The third-order valence-electron chi connectivity index (χ3n) is 8.61. The molecule has 0 aliphatic heterocycles. The van der Waals surface area contributed by atoms with Crippen LogP contribution < -0.4 is 5.32 Å². The number of esters is 2. The Hall–Kier alpha value is -2.29. The molecule has 0 saturated carbocycles. The van der Waals surface area contributed by atoms with Gasteiger partial charge in [-0.25, -0.2) is 4.57 Å². The minimum atomic E-state index is -4.37. The van der Waals surface area contributed by atoms with E-state index in [4.69, 9.17) is 18.5 Å². The number of carbonyl (C=O) groups is 2. The third kappa shape index (κ3) is 39.4. The maximum Gasteiger partial charge on any atom is 0.472 e. The Bertz CT molecular complexity index is 1070. The predicted molar refractivity (Wildman–Crippen MR) is 224 cm³/mol. The van der Waals surface area contributed by atoms with Crippen molar-refractivity contribution < 1.29 is 37.6 Å². The number of unbranched alkanes of at least 4 members (excludes halogenated alkanes) is 15. The minimum Gasteiger partial charge on any atom is -0.462 e. The topological polar surface area (TPSA) is 120 Å². The van der Waals surface area contributed by atoms with E-state index in [1.54, 1.807) is 7.05 Å². The molecule has 0 rings (SSSR count). The van der Waals surface area contributed by atoms with E-state index in [0.717, 1.165) is 57.8 Å². The molecule has 9 nitrogen and oxygen atoms in total. The van der Waals surface area contributed by atoms with Gasteiger partial charge in [-0.3, -0.25) is 18.6 Å². The zero-order valence-corrected chi connectivity index (χ0v) is 35.3. The number of likely N-dealkylation sites (N-methyl/N-ethyl adjacent to an activating group) is 1. The highest BCUT2D eigenvalue weighted by Gasteiger charge is 2.26. The molecule has 0 fully saturated rings. The van der Waals surface area contributed by atoms with Crippen LogP contribution in [0.1, 0.15) is 168 Å². The second-order valence-electron chi connectivity index (χ2n) is 13.8. The largest absolute Gasteiger partial charge is 0.472 e. The van der Waals surface area contributed by atoms with Gasteiger partial charge in [-0.15, -0.1) is 0 Å². The number of phosphoric ester groups is 1. The summed E-state index contributed by atoms with van der Waals surface area (Å²) < 4.78 is 33.1. The predicted octanol–water partition coefficient (Wildman–Crippen LogP) is 12.0. The first-order chi connectivity index (χ1) is 26.3. The van der Waals surface area contributed by atoms with Crippen LogP contribution in [0.4, 0.5) is 0 Å². The normalized spacial score (nSPS) is 13.9. The van der Waals surface area contributed by atoms with E-state index in [2.05, 4.69) is 73.8 Å². The summed E-state index contributed by atoms with van der Waals surface area (Å²) in [7, 11) is -2.68. The fourth-order valence-electron chi connectivity index (χ4n) is 5.36. The number of hydrogen-bond acceptors (Lipinski definition) is 8. The molecule has 0 aliphatic carbocycles. The summed E-state index contributed by atoms with van der Waals surface area (Å²) in [6, 6.07) is 0. The number of phosphoric acid groups is 1. The number of rotatable bonds is 39. The first-order valence-corrected chi connectivity index (χ1v) is 22.7. The van der Waals surface area contributed by atoms with Gasteiger partial charge >= 0.3 is 19.8 Å². The lowest BCUT2D eigenvalue weighted by Crippen LogP contribution is -2.29. The van der Waals surface area contributed by atoms with Crippen molar-refractivity contribution in [1.82, 2.24) is 5.32 Å². The maximum atomic E-state index is 12.6. The summed E-state index contributed by atoms with van der Waals surface area (Å²) in [6.07, 6.45) is 45.5. The van der Waals surface area contributed by atoms with Crippen molar-refractivity contribution >= 4 is 19.8 Å². The van der Waals surface area contributed by atoms with Crippen molar-refractivity contribution in [2.45, 2.75) is 174 Å². The Balaban J connectivity index is 4.36. The van der Waals surface area contributed by atoms with Gasteiger partial charge in [-0.2, -0.15) is 0 Å². The second-order valence-corrected chi connectivity index (χ2v) is 15.3. The van der Waals surface area contributed by atoms with Crippen molar-refractivity contribution in [3.63, 3.8) is 0 Å². The Labute approximate surface area is 330 Å². The molecule has 312 valence electrons. The van der Waals surface area contributed by atoms with Crippen molar-refractivity contribution in [1.29, 1.82) is 0 Å². The average Bonchev–Trinajstić information content (AvgIpc) is 3.15. The molecule has 54 heavy (non-hydrogen) atoms. The fraction of sp³-hybridized carbons (Fsp3) is 0.727. The lowest BCUT2D eigenvalue weighted by Gasteiger charge is -2.20. The highest BCUT2D eigenvalue weighted by Crippen LogP contribution is 2.43. The molecule has 2 N–H and O–H groups in total. The molecule has 10 heteroatoms. The second kappa shape index (κ2) is 40.4. The molecule has 0 bridgehead atoms. The lowest BCUT2D eigenvalue weighted by atomic mass is 10.1. The average molecular weight is 780 g/mol. The van der Waals surface area contributed by atoms with E-state index in [0.29, 0.717) is 19.4 Å². The molecule has 0 aromatic heterocycles. The summed E-state index contributed by atoms with van der Waals surface area (Å²) in [5, 5.41) is 2.81. The van der Waals surface area contributed by atoms with Crippen LogP contribution in [-0.4, -0.2) is 56.3 Å². The summed E-state index contributed by atoms with van der Waals surface area (Å²) in [5.74, 6) is -0.886. The smallest absolute Gasteiger partial charge is 0.462 e. The van der Waals surface area contributed by atoms with Crippen LogP contribution in [0.15, 0.2) is 60.8 Å². The molecule has 2 atom stereocenters. The van der Waals surface area contributed by atoms with Gasteiger partial charge in [0.05, 0.1) is 13.2 Å². The summed E-state index contributed by atoms with van der Waals surface area (Å²) in [4.78, 5) is 35.0. The Morgan fingerprint density at radius 1 is 0.574 bits per heavy atom. The molecule has 0 aromatic rings. The molecule has 0 saturated heterocycles. The van der Waals surface area contributed by atoms with Gasteiger partial charge in [-0.05, 0) is 84.1 Å². The molecule has 0 heterocycles. The number of ether oxygens (including phenoxy) is 2. The Morgan fingerprint density at radius 2 is 1.02 bits per heavy atom. The van der Waals surface area contributed by atoms with E-state index < -0.39 is 32.5 Å². The van der Waals surface area contributed by atoms with Gasteiger partial charge in [0.15, 0.2) is 6.10 Å². The SMILES string of the molecule is CCCCC/C=C\C/C=C\C/C=C\C/C=C\CCCC(=O)OC(COC(=O)CCCCCCC/C=C\CCCCCCCC)COP(=O)(O)OCCNC. The molecule has 0 radical (unpaired) electrons. The third-order valence-corrected chi connectivity index (χ3v) is 9.59. The van der Waals surface area contributed by atoms with Gasteiger partial charge in [0, 0.05) is 19.4 Å². The van der Waals surface area contributed by atoms with Gasteiger partial charge in [-0.1, -0.05) is 139 Å². The number of nitrogens with one attached hydrogen (secondary N) is 1. The van der Waals surface area contributed by atoms with Crippen LogP contribution in [0.2, 0.25) is 0 Å². The standard InChI is InChI=1S/C44H78NO8P/c1-4-6-8-10-12-14-16-18-20-21-23-25-27-29-31-33-35-37-44(47)53-42(41-52-54(48,49)51-39-38-45-3)40-50-43(46)36-34-32-30-28-26-24-22-19-17-15-13-11-9-7-5-2/h12,14,18-20,22-23,25,29,31,42,45H,4-11,13,15-17,21,24,26-28,30,32-41H2,1-3H3,(H,48,49)/b14-12-,20-18-,22-19-,25-23-,31-29-. The van der Waals surface area contributed by atoms with Gasteiger partial charge in [0.25, 0.3) is 0 Å². The monoisotopic (exact) mass is 780 g/mol. The summed E-state index contributed by atoms with van der Waals surface area (Å²) >= 11 is 0. The number of hydrogen-bond donors (Lipinski definition) is 2. The van der Waals surface area contributed by atoms with Crippen LogP contribution in [0.25, 0.3) is 0 Å². The maximum absolute atomic E-state index is 12.6. The summed E-state index contributed by atoms with van der Waals surface area (Å²) in [5.41, 5.74) is 0. The molecule has 0 spiro atoms. The van der Waals surface area contributed by atoms with Crippen molar-refractivity contribution in [2.24, 2.45) is 0 Å². The zero-order valence-electron chi connectivity index (χ0n) is 34.4. The highest BCUT2D eigenvalue weighted by atomic mass is 31.2. The van der Waals surface area contributed by atoms with E-state index in [9.17, 15) is 19.0 Å². The fourth-order valence-corrected chi connectivity index (χ4v) is 6.11. The van der Waals surface area contributed by atoms with Crippen LogP contribution in [0.5, 0.6) is 0 Å². The molecule has 0 amide bonds. The quantitative estimate of drug-likeness (QED) is 0.0272. The van der Waals surface area contributed by atoms with E-state index in [1.165, 1.54) is 70.6 Å². The molecular formula is C44H78NO8P. The first-order valence-electron chi connectivity index (χ1n) is 21.2.